The zero-order valence-corrected chi connectivity index (χ0v) is 8.06. The number of carboxylic acids is 1. The van der Waals surface area contributed by atoms with E-state index in [0.717, 1.165) is 0 Å². The van der Waals surface area contributed by atoms with Crippen molar-refractivity contribution in [2.45, 2.75) is 6.92 Å². The summed E-state index contributed by atoms with van der Waals surface area (Å²) in [6.45, 7) is 1.52. The van der Waals surface area contributed by atoms with Crippen molar-refractivity contribution in [2.75, 3.05) is 0 Å². The molecule has 0 saturated carbocycles. The zero-order valence-electron chi connectivity index (χ0n) is 6.54. The second-order valence-corrected chi connectivity index (χ2v) is 3.16. The van der Waals surface area contributed by atoms with Crippen molar-refractivity contribution in [1.82, 2.24) is 0 Å². The second-order valence-electron chi connectivity index (χ2n) is 2.42. The topological polar surface area (TPSA) is 64.2 Å². The van der Waals surface area contributed by atoms with Crippen molar-refractivity contribution in [3.63, 3.8) is 0 Å². The van der Waals surface area contributed by atoms with Crippen molar-refractivity contribution < 1.29 is 14.6 Å². The lowest BCUT2D eigenvalue weighted by atomic mass is 10.2. The van der Waals surface area contributed by atoms with E-state index in [9.17, 15) is 10.0 Å². The average molecular weight is 222 g/mol. The summed E-state index contributed by atoms with van der Waals surface area (Å²) in [5.74, 6) is -1.25. The molecule has 1 N–H and O–H groups in total. The Bertz CT molecular complexity index is 378. The van der Waals surface area contributed by atoms with Gasteiger partial charge >= 0.3 is 11.1 Å². The van der Waals surface area contributed by atoms with Crippen LogP contribution in [0.25, 0.3) is 0 Å². The summed E-state index contributed by atoms with van der Waals surface area (Å²) in [4.78, 5) is 10.6. The van der Waals surface area contributed by atoms with E-state index in [1.165, 1.54) is 13.0 Å². The lowest BCUT2D eigenvalue weighted by Crippen LogP contribution is -2.31. The van der Waals surface area contributed by atoms with Crippen LogP contribution in [0.15, 0.2) is 6.07 Å². The fourth-order valence-electron chi connectivity index (χ4n) is 0.924. The predicted molar refractivity (Wildman–Crippen MR) is 47.1 cm³/mol. The van der Waals surface area contributed by atoms with E-state index in [-0.39, 0.29) is 15.4 Å². The van der Waals surface area contributed by atoms with Crippen LogP contribution in [0, 0.1) is 12.1 Å². The van der Waals surface area contributed by atoms with Gasteiger partial charge in [-0.25, -0.2) is 4.79 Å². The minimum absolute atomic E-state index is 0.146. The van der Waals surface area contributed by atoms with Crippen LogP contribution in [0.2, 0.25) is 10.3 Å². The first-order valence-corrected chi connectivity index (χ1v) is 4.02. The van der Waals surface area contributed by atoms with E-state index in [1.54, 1.807) is 0 Å². The zero-order chi connectivity index (χ0) is 10.2. The van der Waals surface area contributed by atoms with Gasteiger partial charge in [0.1, 0.15) is 5.56 Å². The Morgan fingerprint density at radius 2 is 2.15 bits per heavy atom. The summed E-state index contributed by atoms with van der Waals surface area (Å²) >= 11 is 11.0. The molecule has 0 aliphatic rings. The summed E-state index contributed by atoms with van der Waals surface area (Å²) in [5, 5.41) is 19.2. The summed E-state index contributed by atoms with van der Waals surface area (Å²) < 4.78 is 0.166. The lowest BCUT2D eigenvalue weighted by molar-refractivity contribution is -0.600. The highest BCUT2D eigenvalue weighted by atomic mass is 35.5. The van der Waals surface area contributed by atoms with Crippen LogP contribution in [-0.4, -0.2) is 11.1 Å². The number of carboxylic acid groups (broad SMARTS) is 1. The van der Waals surface area contributed by atoms with Gasteiger partial charge in [0.05, 0.1) is 0 Å². The van der Waals surface area contributed by atoms with Gasteiger partial charge in [0, 0.05) is 6.07 Å². The molecule has 1 heterocycles. The Morgan fingerprint density at radius 1 is 1.62 bits per heavy atom. The van der Waals surface area contributed by atoms with Crippen LogP contribution in [0.3, 0.4) is 0 Å². The number of nitrogens with zero attached hydrogens (tertiary/aromatic N) is 1. The number of halogens is 2. The van der Waals surface area contributed by atoms with Gasteiger partial charge < -0.3 is 10.3 Å². The fourth-order valence-corrected chi connectivity index (χ4v) is 1.54. The highest BCUT2D eigenvalue weighted by Crippen LogP contribution is 2.19. The molecule has 4 nitrogen and oxygen atoms in total. The van der Waals surface area contributed by atoms with E-state index >= 15 is 0 Å². The Labute approximate surface area is 83.9 Å². The monoisotopic (exact) mass is 221 g/mol. The first-order chi connectivity index (χ1) is 5.95. The number of aromatic nitrogens is 1. The third-order valence-corrected chi connectivity index (χ3v) is 2.13. The van der Waals surface area contributed by atoms with Gasteiger partial charge in [-0.15, -0.1) is 4.73 Å². The molecular formula is C7H5Cl2NO3. The van der Waals surface area contributed by atoms with Gasteiger partial charge in [0.2, 0.25) is 0 Å². The second kappa shape index (κ2) is 3.40. The first kappa shape index (κ1) is 10.1. The molecule has 0 atom stereocenters. The van der Waals surface area contributed by atoms with Gasteiger partial charge in [-0.05, 0) is 35.7 Å². The van der Waals surface area contributed by atoms with Crippen LogP contribution in [0.1, 0.15) is 15.9 Å². The van der Waals surface area contributed by atoms with Crippen molar-refractivity contribution in [1.29, 1.82) is 0 Å². The lowest BCUT2D eigenvalue weighted by Gasteiger charge is -2.05. The Hall–Kier alpha value is -1.00. The van der Waals surface area contributed by atoms with Gasteiger partial charge in [0.15, 0.2) is 0 Å². The molecule has 0 amide bonds. The van der Waals surface area contributed by atoms with E-state index < -0.39 is 11.1 Å². The molecule has 0 radical (unpaired) electrons. The third-order valence-electron chi connectivity index (χ3n) is 1.52. The Balaban J connectivity index is 3.53. The van der Waals surface area contributed by atoms with Crippen molar-refractivity contribution >= 4 is 29.2 Å². The minimum Gasteiger partial charge on any atom is -0.617 e. The summed E-state index contributed by atoms with van der Waals surface area (Å²) in [7, 11) is 0. The van der Waals surface area contributed by atoms with E-state index in [0.29, 0.717) is 5.56 Å². The molecule has 13 heavy (non-hydrogen) atoms. The highest BCUT2D eigenvalue weighted by Gasteiger charge is 2.22. The maximum absolute atomic E-state index is 11.0. The normalized spacial score (nSPS) is 10.1. The highest BCUT2D eigenvalue weighted by molar-refractivity contribution is 6.33. The molecule has 1 aromatic heterocycles. The number of aromatic carboxylic acids is 1. The molecular weight excluding hydrogens is 217 g/mol. The number of aryl methyl sites for hydroxylation is 1. The molecule has 0 unspecified atom stereocenters. The molecule has 0 bridgehead atoms. The average Bonchev–Trinajstić information content (AvgIpc) is 1.99. The largest absolute Gasteiger partial charge is 0.617 e. The number of carbonyl (C=O) groups is 1. The van der Waals surface area contributed by atoms with Gasteiger partial charge in [-0.1, -0.05) is 0 Å². The standard InChI is InChI=1S/C7H5Cl2NO3/c1-3-2-4(8)10(13)6(9)5(3)7(11)12/h2H,1H3,(H,11,12). The quantitative estimate of drug-likeness (QED) is 0.446. The molecule has 0 saturated heterocycles. The Kier molecular flexibility index (Phi) is 2.63. The number of hydrogen-bond acceptors (Lipinski definition) is 2. The fraction of sp³-hybridized carbons (Fsp3) is 0.143. The summed E-state index contributed by atoms with van der Waals surface area (Å²) in [5.41, 5.74) is 0.135. The number of pyridine rings is 1. The summed E-state index contributed by atoms with van der Waals surface area (Å²) in [6.07, 6.45) is 0. The third kappa shape index (κ3) is 1.68. The van der Waals surface area contributed by atoms with E-state index in [4.69, 9.17) is 28.3 Å². The van der Waals surface area contributed by atoms with Crippen molar-refractivity contribution in [3.8, 4) is 0 Å². The first-order valence-electron chi connectivity index (χ1n) is 3.26. The molecule has 0 aliphatic carbocycles. The maximum Gasteiger partial charge on any atom is 0.343 e. The van der Waals surface area contributed by atoms with Crippen LogP contribution < -0.4 is 4.73 Å². The molecule has 0 aliphatic heterocycles. The minimum atomic E-state index is -1.25. The molecule has 1 aromatic rings. The number of rotatable bonds is 1. The van der Waals surface area contributed by atoms with Gasteiger partial charge in [-0.2, -0.15) is 0 Å². The van der Waals surface area contributed by atoms with E-state index in [1.807, 2.05) is 0 Å². The van der Waals surface area contributed by atoms with Crippen LogP contribution >= 0.6 is 23.2 Å². The van der Waals surface area contributed by atoms with Crippen LogP contribution in [0.5, 0.6) is 0 Å². The van der Waals surface area contributed by atoms with Crippen LogP contribution in [0.4, 0.5) is 0 Å². The SMILES string of the molecule is Cc1cc(Cl)[n+]([O-])c(Cl)c1C(=O)O. The molecule has 6 heteroatoms. The van der Waals surface area contributed by atoms with E-state index in [2.05, 4.69) is 0 Å². The number of hydrogen-bond donors (Lipinski definition) is 1. The van der Waals surface area contributed by atoms with Gasteiger partial charge in [-0.3, -0.25) is 0 Å². The summed E-state index contributed by atoms with van der Waals surface area (Å²) in [6, 6.07) is 1.25. The smallest absolute Gasteiger partial charge is 0.343 e. The van der Waals surface area contributed by atoms with Gasteiger partial charge in [0.25, 0.3) is 5.15 Å². The van der Waals surface area contributed by atoms with Crippen LogP contribution in [-0.2, 0) is 0 Å². The maximum atomic E-state index is 11.0. The molecule has 70 valence electrons. The molecule has 0 aromatic carbocycles. The Morgan fingerprint density at radius 3 is 2.62 bits per heavy atom. The van der Waals surface area contributed by atoms with Crippen molar-refractivity contribution in [3.05, 3.63) is 32.7 Å². The predicted octanol–water partition coefficient (Wildman–Crippen LogP) is 1.63. The molecule has 1 rings (SSSR count). The molecule has 0 fully saturated rings. The van der Waals surface area contributed by atoms with Crippen molar-refractivity contribution in [2.24, 2.45) is 0 Å². The molecule has 0 spiro atoms.